The molecule has 0 N–H and O–H groups in total. The molecule has 0 atom stereocenters. The molecule has 0 saturated carbocycles. The molecule has 3 aromatic heterocycles. The van der Waals surface area contributed by atoms with E-state index in [2.05, 4.69) is 21.1 Å². The normalized spacial score (nSPS) is 11.3. The lowest BCUT2D eigenvalue weighted by Crippen LogP contribution is -2.20. The zero-order valence-corrected chi connectivity index (χ0v) is 13.8. The van der Waals surface area contributed by atoms with Crippen LogP contribution in [0.3, 0.4) is 0 Å². The molecule has 6 nitrogen and oxygen atoms in total. The highest BCUT2D eigenvalue weighted by Crippen LogP contribution is 2.14. The zero-order valence-electron chi connectivity index (χ0n) is 13.0. The van der Waals surface area contributed by atoms with E-state index in [-0.39, 0.29) is 5.56 Å². The molecule has 0 fully saturated rings. The van der Waals surface area contributed by atoms with Gasteiger partial charge in [0.05, 0.1) is 6.54 Å². The minimum Gasteiger partial charge on any atom is -0.310 e. The maximum atomic E-state index is 12.1. The molecule has 0 unspecified atom stereocenters. The van der Waals surface area contributed by atoms with Crippen molar-refractivity contribution in [3.63, 3.8) is 0 Å². The summed E-state index contributed by atoms with van der Waals surface area (Å²) in [6.07, 6.45) is 3.76. The maximum absolute atomic E-state index is 12.1. The van der Waals surface area contributed by atoms with Crippen molar-refractivity contribution in [3.8, 4) is 0 Å². The number of pyridine rings is 1. The van der Waals surface area contributed by atoms with Gasteiger partial charge in [0.15, 0.2) is 0 Å². The molecule has 0 aliphatic carbocycles. The summed E-state index contributed by atoms with van der Waals surface area (Å²) in [6.45, 7) is 6.55. The summed E-state index contributed by atoms with van der Waals surface area (Å²) in [5.74, 6) is 0.563. The van der Waals surface area contributed by atoms with Gasteiger partial charge in [-0.2, -0.15) is 9.50 Å². The fourth-order valence-corrected chi connectivity index (χ4v) is 2.67. The van der Waals surface area contributed by atoms with Crippen molar-refractivity contribution in [3.05, 3.63) is 51.2 Å². The van der Waals surface area contributed by atoms with E-state index in [0.717, 1.165) is 22.5 Å². The molecule has 3 aromatic rings. The highest BCUT2D eigenvalue weighted by Gasteiger charge is 2.12. The van der Waals surface area contributed by atoms with Gasteiger partial charge in [-0.05, 0) is 38.2 Å². The Kier molecular flexibility index (Phi) is 3.74. The first-order chi connectivity index (χ1) is 10.5. The number of nitrogens with zero attached hydrogens (tertiary/aromatic N) is 5. The second-order valence-corrected chi connectivity index (χ2v) is 6.04. The van der Waals surface area contributed by atoms with E-state index < -0.39 is 0 Å². The second-order valence-electron chi connectivity index (χ2n) is 5.27. The van der Waals surface area contributed by atoms with Gasteiger partial charge < -0.3 is 4.57 Å². The Hall–Kier alpha value is -2.15. The average Bonchev–Trinajstić information content (AvgIpc) is 2.92. The van der Waals surface area contributed by atoms with E-state index in [1.54, 1.807) is 6.07 Å². The Morgan fingerprint density at radius 3 is 2.68 bits per heavy atom. The highest BCUT2D eigenvalue weighted by atomic mass is 32.2. The topological polar surface area (TPSA) is 65.1 Å². The van der Waals surface area contributed by atoms with E-state index in [4.69, 9.17) is 0 Å². The molecule has 7 heteroatoms. The minimum atomic E-state index is -0.158. The van der Waals surface area contributed by atoms with Gasteiger partial charge in [0.1, 0.15) is 0 Å². The standard InChI is InChI=1S/C15H17N5OS/c1-9-5-12(7-16-11(9)3)8-19-10(2)6-13(21)20-15(19)17-14(18-20)22-4/h5-7H,8H2,1-4H3. The molecule has 3 rings (SSSR count). The van der Waals surface area contributed by atoms with Crippen LogP contribution in [0.5, 0.6) is 0 Å². The Morgan fingerprint density at radius 1 is 1.23 bits per heavy atom. The van der Waals surface area contributed by atoms with Crippen LogP contribution in [-0.2, 0) is 6.54 Å². The molecular formula is C15H17N5OS. The Labute approximate surface area is 132 Å². The number of aryl methyl sites for hydroxylation is 3. The lowest BCUT2D eigenvalue weighted by Gasteiger charge is -2.12. The Balaban J connectivity index is 2.15. The molecule has 22 heavy (non-hydrogen) atoms. The van der Waals surface area contributed by atoms with Gasteiger partial charge in [0, 0.05) is 23.7 Å². The third-order valence-electron chi connectivity index (χ3n) is 3.70. The number of rotatable bonds is 3. The van der Waals surface area contributed by atoms with Crippen molar-refractivity contribution in [1.29, 1.82) is 0 Å². The molecule has 0 bridgehead atoms. The van der Waals surface area contributed by atoms with Crippen LogP contribution in [0.2, 0.25) is 0 Å². The number of hydrogen-bond donors (Lipinski definition) is 0. The van der Waals surface area contributed by atoms with Crippen LogP contribution in [0.4, 0.5) is 0 Å². The second kappa shape index (κ2) is 5.57. The number of hydrogen-bond acceptors (Lipinski definition) is 5. The third kappa shape index (κ3) is 2.52. The van der Waals surface area contributed by atoms with E-state index in [0.29, 0.717) is 17.5 Å². The van der Waals surface area contributed by atoms with Crippen molar-refractivity contribution < 1.29 is 0 Å². The first-order valence-electron chi connectivity index (χ1n) is 6.93. The van der Waals surface area contributed by atoms with E-state index >= 15 is 0 Å². The largest absolute Gasteiger partial charge is 0.310 e. The Morgan fingerprint density at radius 2 is 2.00 bits per heavy atom. The van der Waals surface area contributed by atoms with Crippen molar-refractivity contribution in [2.75, 3.05) is 6.26 Å². The summed E-state index contributed by atoms with van der Waals surface area (Å²) < 4.78 is 3.34. The van der Waals surface area contributed by atoms with Gasteiger partial charge in [-0.25, -0.2) is 0 Å². The van der Waals surface area contributed by atoms with Gasteiger partial charge in [-0.1, -0.05) is 17.8 Å². The zero-order chi connectivity index (χ0) is 15.9. The molecule has 3 heterocycles. The minimum absolute atomic E-state index is 0.158. The fraction of sp³-hybridized carbons (Fsp3) is 0.333. The first-order valence-corrected chi connectivity index (χ1v) is 8.15. The van der Waals surface area contributed by atoms with Crippen LogP contribution in [0.25, 0.3) is 5.78 Å². The van der Waals surface area contributed by atoms with Crippen LogP contribution >= 0.6 is 11.8 Å². The third-order valence-corrected chi connectivity index (χ3v) is 4.24. The van der Waals surface area contributed by atoms with E-state index in [1.807, 2.05) is 37.8 Å². The lowest BCUT2D eigenvalue weighted by molar-refractivity contribution is 0.726. The molecule has 114 valence electrons. The van der Waals surface area contributed by atoms with Crippen molar-refractivity contribution >= 4 is 17.5 Å². The van der Waals surface area contributed by atoms with Crippen LogP contribution in [0.1, 0.15) is 22.5 Å². The monoisotopic (exact) mass is 315 g/mol. The van der Waals surface area contributed by atoms with Crippen LogP contribution < -0.4 is 5.56 Å². The van der Waals surface area contributed by atoms with E-state index in [1.165, 1.54) is 16.3 Å². The summed E-state index contributed by atoms with van der Waals surface area (Å²) in [6, 6.07) is 3.70. The maximum Gasteiger partial charge on any atom is 0.275 e. The predicted octanol–water partition coefficient (Wildman–Crippen LogP) is 1.98. The quantitative estimate of drug-likeness (QED) is 0.692. The number of thioether (sulfide) groups is 1. The summed E-state index contributed by atoms with van der Waals surface area (Å²) in [5, 5.41) is 4.82. The summed E-state index contributed by atoms with van der Waals surface area (Å²) in [4.78, 5) is 20.9. The smallest absolute Gasteiger partial charge is 0.275 e. The molecule has 0 spiro atoms. The predicted molar refractivity (Wildman–Crippen MR) is 86.6 cm³/mol. The molecule has 0 amide bonds. The average molecular weight is 315 g/mol. The molecule has 0 aromatic carbocycles. The first kappa shape index (κ1) is 14.8. The molecule has 0 aliphatic rings. The summed E-state index contributed by atoms with van der Waals surface area (Å²) in [5.41, 5.74) is 3.95. The summed E-state index contributed by atoms with van der Waals surface area (Å²) >= 11 is 1.42. The summed E-state index contributed by atoms with van der Waals surface area (Å²) in [7, 11) is 0. The van der Waals surface area contributed by atoms with Crippen molar-refractivity contribution in [1.82, 2.24) is 24.1 Å². The Bertz CT molecular complexity index is 912. The van der Waals surface area contributed by atoms with Crippen LogP contribution in [0.15, 0.2) is 28.3 Å². The molecular weight excluding hydrogens is 298 g/mol. The van der Waals surface area contributed by atoms with E-state index in [9.17, 15) is 4.79 Å². The van der Waals surface area contributed by atoms with Gasteiger partial charge in [-0.3, -0.25) is 9.78 Å². The van der Waals surface area contributed by atoms with Gasteiger partial charge in [0.25, 0.3) is 5.56 Å². The highest BCUT2D eigenvalue weighted by molar-refractivity contribution is 7.98. The van der Waals surface area contributed by atoms with Crippen LogP contribution in [-0.4, -0.2) is 30.4 Å². The lowest BCUT2D eigenvalue weighted by atomic mass is 10.1. The van der Waals surface area contributed by atoms with Gasteiger partial charge >= 0.3 is 0 Å². The number of aromatic nitrogens is 5. The molecule has 0 aliphatic heterocycles. The fourth-order valence-electron chi connectivity index (χ4n) is 2.34. The number of fused-ring (bicyclic) bond motifs is 1. The molecule has 0 saturated heterocycles. The van der Waals surface area contributed by atoms with Crippen molar-refractivity contribution in [2.24, 2.45) is 0 Å². The van der Waals surface area contributed by atoms with Crippen molar-refractivity contribution in [2.45, 2.75) is 32.5 Å². The SMILES string of the molecule is CSc1nc2n(Cc3cnc(C)c(C)c3)c(C)cc(=O)n2n1. The van der Waals surface area contributed by atoms with Crippen LogP contribution in [0, 0.1) is 20.8 Å². The molecule has 0 radical (unpaired) electrons. The van der Waals surface area contributed by atoms with Gasteiger partial charge in [0.2, 0.25) is 10.9 Å². The van der Waals surface area contributed by atoms with Gasteiger partial charge in [-0.15, -0.1) is 5.10 Å².